The molecule has 1 saturated carbocycles. The first-order valence-electron chi connectivity index (χ1n) is 6.71. The standard InChI is InChI=1S/C13H21N3O4/c1-20-8-7-16(6-2-5-14)13(19)15-11(9-12(17)18)10-3-4-10/h10-11H,2-4,6-9H2,1H3,(H,15,19)(H,17,18). The Morgan fingerprint density at radius 1 is 1.50 bits per heavy atom. The van der Waals surface area contributed by atoms with Crippen molar-refractivity contribution < 1.29 is 19.4 Å². The molecule has 1 unspecified atom stereocenters. The lowest BCUT2D eigenvalue weighted by molar-refractivity contribution is -0.137. The third-order valence-corrected chi connectivity index (χ3v) is 3.24. The Balaban J connectivity index is 2.52. The summed E-state index contributed by atoms with van der Waals surface area (Å²) >= 11 is 0. The van der Waals surface area contributed by atoms with Gasteiger partial charge in [-0.1, -0.05) is 0 Å². The van der Waals surface area contributed by atoms with Crippen LogP contribution in [0.5, 0.6) is 0 Å². The predicted octanol–water partition coefficient (Wildman–Crippen LogP) is 0.811. The number of urea groups is 1. The number of carboxylic acid groups (broad SMARTS) is 1. The predicted molar refractivity (Wildman–Crippen MR) is 71.0 cm³/mol. The fourth-order valence-corrected chi connectivity index (χ4v) is 1.97. The van der Waals surface area contributed by atoms with Crippen LogP contribution >= 0.6 is 0 Å². The minimum atomic E-state index is -0.914. The number of carbonyl (C=O) groups excluding carboxylic acids is 1. The second kappa shape index (κ2) is 8.38. The maximum absolute atomic E-state index is 12.1. The zero-order valence-corrected chi connectivity index (χ0v) is 11.7. The largest absolute Gasteiger partial charge is 0.481 e. The number of nitrogens with zero attached hydrogens (tertiary/aromatic N) is 2. The quantitative estimate of drug-likeness (QED) is 0.652. The molecule has 1 aliphatic carbocycles. The molecule has 20 heavy (non-hydrogen) atoms. The van der Waals surface area contributed by atoms with E-state index in [0.717, 1.165) is 12.8 Å². The number of carbonyl (C=O) groups is 2. The number of nitriles is 1. The summed E-state index contributed by atoms with van der Waals surface area (Å²) in [6, 6.07) is 1.34. The smallest absolute Gasteiger partial charge is 0.317 e. The molecule has 0 heterocycles. The van der Waals surface area contributed by atoms with Crippen LogP contribution in [0.2, 0.25) is 0 Å². The highest BCUT2D eigenvalue weighted by molar-refractivity contribution is 5.76. The maximum Gasteiger partial charge on any atom is 0.317 e. The van der Waals surface area contributed by atoms with Crippen molar-refractivity contribution in [1.29, 1.82) is 5.26 Å². The number of ether oxygens (including phenoxy) is 1. The molecule has 0 spiro atoms. The molecule has 1 fully saturated rings. The lowest BCUT2D eigenvalue weighted by atomic mass is 10.1. The van der Waals surface area contributed by atoms with E-state index in [1.54, 1.807) is 0 Å². The van der Waals surface area contributed by atoms with Crippen LogP contribution in [-0.2, 0) is 9.53 Å². The van der Waals surface area contributed by atoms with Crippen LogP contribution < -0.4 is 5.32 Å². The van der Waals surface area contributed by atoms with Crippen LogP contribution in [0.15, 0.2) is 0 Å². The first-order valence-corrected chi connectivity index (χ1v) is 6.71. The molecule has 112 valence electrons. The zero-order chi connectivity index (χ0) is 15.0. The first-order chi connectivity index (χ1) is 9.58. The van der Waals surface area contributed by atoms with Crippen molar-refractivity contribution in [2.75, 3.05) is 26.8 Å². The Morgan fingerprint density at radius 3 is 2.70 bits per heavy atom. The maximum atomic E-state index is 12.1. The van der Waals surface area contributed by atoms with E-state index in [-0.39, 0.29) is 30.8 Å². The van der Waals surface area contributed by atoms with Gasteiger partial charge in [-0.2, -0.15) is 5.26 Å². The summed E-state index contributed by atoms with van der Waals surface area (Å²) in [5, 5.41) is 20.2. The molecule has 0 saturated heterocycles. The van der Waals surface area contributed by atoms with Crippen LogP contribution in [0.25, 0.3) is 0 Å². The van der Waals surface area contributed by atoms with Gasteiger partial charge < -0.3 is 20.1 Å². The monoisotopic (exact) mass is 283 g/mol. The van der Waals surface area contributed by atoms with Crippen LogP contribution in [0.1, 0.15) is 25.7 Å². The SMILES string of the molecule is COCCN(CCC#N)C(=O)NC(CC(=O)O)C1CC1. The third-order valence-electron chi connectivity index (χ3n) is 3.24. The van der Waals surface area contributed by atoms with Crippen LogP contribution in [-0.4, -0.2) is 54.9 Å². The van der Waals surface area contributed by atoms with E-state index in [0.29, 0.717) is 19.7 Å². The molecule has 2 amide bonds. The van der Waals surface area contributed by atoms with Gasteiger partial charge in [0.25, 0.3) is 0 Å². The second-order valence-corrected chi connectivity index (χ2v) is 4.88. The number of methoxy groups -OCH3 is 1. The van der Waals surface area contributed by atoms with E-state index in [1.165, 1.54) is 12.0 Å². The second-order valence-electron chi connectivity index (χ2n) is 4.88. The zero-order valence-electron chi connectivity index (χ0n) is 11.7. The van der Waals surface area contributed by atoms with Gasteiger partial charge in [-0.25, -0.2) is 4.79 Å². The molecule has 1 atom stereocenters. The van der Waals surface area contributed by atoms with Crippen molar-refractivity contribution >= 4 is 12.0 Å². The van der Waals surface area contributed by atoms with Crippen molar-refractivity contribution in [3.05, 3.63) is 0 Å². The number of aliphatic carboxylic acids is 1. The Hall–Kier alpha value is -1.81. The van der Waals surface area contributed by atoms with Gasteiger partial charge >= 0.3 is 12.0 Å². The van der Waals surface area contributed by atoms with Crippen molar-refractivity contribution in [2.45, 2.75) is 31.7 Å². The van der Waals surface area contributed by atoms with Gasteiger partial charge in [0.1, 0.15) is 0 Å². The highest BCUT2D eigenvalue weighted by Crippen LogP contribution is 2.34. The van der Waals surface area contributed by atoms with Crippen molar-refractivity contribution in [2.24, 2.45) is 5.92 Å². The minimum Gasteiger partial charge on any atom is -0.481 e. The first kappa shape index (κ1) is 16.2. The van der Waals surface area contributed by atoms with E-state index in [9.17, 15) is 9.59 Å². The summed E-state index contributed by atoms with van der Waals surface area (Å²) in [5.41, 5.74) is 0. The molecule has 0 aromatic carbocycles. The van der Waals surface area contributed by atoms with E-state index in [1.807, 2.05) is 6.07 Å². The third kappa shape index (κ3) is 5.89. The van der Waals surface area contributed by atoms with Gasteiger partial charge in [0, 0.05) is 26.2 Å². The molecular formula is C13H21N3O4. The average molecular weight is 283 g/mol. The Morgan fingerprint density at radius 2 is 2.20 bits per heavy atom. The van der Waals surface area contributed by atoms with E-state index < -0.39 is 5.97 Å². The van der Waals surface area contributed by atoms with E-state index in [2.05, 4.69) is 5.32 Å². The topological polar surface area (TPSA) is 103 Å². The van der Waals surface area contributed by atoms with Crippen molar-refractivity contribution in [3.63, 3.8) is 0 Å². The number of carboxylic acids is 1. The summed E-state index contributed by atoms with van der Waals surface area (Å²) in [5.74, 6) is -0.655. The van der Waals surface area contributed by atoms with Gasteiger partial charge in [0.15, 0.2) is 0 Å². The highest BCUT2D eigenvalue weighted by atomic mass is 16.5. The van der Waals surface area contributed by atoms with Gasteiger partial charge in [0.2, 0.25) is 0 Å². The Kier molecular flexibility index (Phi) is 6.81. The lowest BCUT2D eigenvalue weighted by Crippen LogP contribution is -2.47. The summed E-state index contributed by atoms with van der Waals surface area (Å²) in [6.45, 7) is 1.08. The van der Waals surface area contributed by atoms with Gasteiger partial charge in [0.05, 0.1) is 25.5 Å². The number of amides is 2. The summed E-state index contributed by atoms with van der Waals surface area (Å²) in [6.07, 6.45) is 2.08. The molecule has 0 aliphatic heterocycles. The van der Waals surface area contributed by atoms with Crippen molar-refractivity contribution in [3.8, 4) is 6.07 Å². The molecule has 0 aromatic heterocycles. The molecule has 2 N–H and O–H groups in total. The Labute approximate surface area is 118 Å². The molecule has 1 rings (SSSR count). The number of rotatable bonds is 9. The molecule has 1 aliphatic rings. The molecule has 0 radical (unpaired) electrons. The molecule has 0 bridgehead atoms. The summed E-state index contributed by atoms with van der Waals surface area (Å²) in [7, 11) is 1.54. The van der Waals surface area contributed by atoms with Crippen LogP contribution in [0, 0.1) is 17.2 Å². The fourth-order valence-electron chi connectivity index (χ4n) is 1.97. The lowest BCUT2D eigenvalue weighted by Gasteiger charge is -2.25. The molecule has 7 nitrogen and oxygen atoms in total. The van der Waals surface area contributed by atoms with Gasteiger partial charge in [-0.15, -0.1) is 0 Å². The molecule has 0 aromatic rings. The summed E-state index contributed by atoms with van der Waals surface area (Å²) in [4.78, 5) is 24.4. The Bertz CT molecular complexity index is 376. The van der Waals surface area contributed by atoms with E-state index in [4.69, 9.17) is 15.1 Å². The number of nitrogens with one attached hydrogen (secondary N) is 1. The van der Waals surface area contributed by atoms with Crippen LogP contribution in [0.3, 0.4) is 0 Å². The van der Waals surface area contributed by atoms with Crippen molar-refractivity contribution in [1.82, 2.24) is 10.2 Å². The molecular weight excluding hydrogens is 262 g/mol. The van der Waals surface area contributed by atoms with Gasteiger partial charge in [-0.05, 0) is 18.8 Å². The van der Waals surface area contributed by atoms with Crippen LogP contribution in [0.4, 0.5) is 4.79 Å². The normalized spacial score (nSPS) is 15.2. The number of hydrogen-bond donors (Lipinski definition) is 2. The molecule has 7 heteroatoms. The number of hydrogen-bond acceptors (Lipinski definition) is 4. The van der Waals surface area contributed by atoms with E-state index >= 15 is 0 Å². The highest BCUT2D eigenvalue weighted by Gasteiger charge is 2.34. The van der Waals surface area contributed by atoms with Gasteiger partial charge in [-0.3, -0.25) is 4.79 Å². The fraction of sp³-hybridized carbons (Fsp3) is 0.769. The average Bonchev–Trinajstić information content (AvgIpc) is 3.21. The summed E-state index contributed by atoms with van der Waals surface area (Å²) < 4.78 is 4.93. The minimum absolute atomic E-state index is 0.0627.